The van der Waals surface area contributed by atoms with Crippen LogP contribution >= 0.6 is 0 Å². The lowest BCUT2D eigenvalue weighted by Crippen LogP contribution is -2.54. The molecule has 2 atom stereocenters. The number of benzene rings is 1. The molecule has 1 aromatic carbocycles. The molecule has 0 amide bonds. The lowest BCUT2D eigenvalue weighted by molar-refractivity contribution is 0.0723. The molecule has 3 N–H and O–H groups in total. The van der Waals surface area contributed by atoms with E-state index in [0.29, 0.717) is 0 Å². The molecule has 110 valence electrons. The maximum atomic E-state index is 14.1. The van der Waals surface area contributed by atoms with E-state index < -0.39 is 30.4 Å². The van der Waals surface area contributed by atoms with Gasteiger partial charge in [-0.15, -0.1) is 0 Å². The Morgan fingerprint density at radius 3 is 2.50 bits per heavy atom. The fourth-order valence-corrected chi connectivity index (χ4v) is 2.46. The zero-order chi connectivity index (χ0) is 15.0. The number of hydrogen-bond acceptors (Lipinski definition) is 2. The molecule has 0 radical (unpaired) electrons. The maximum absolute atomic E-state index is 14.1. The van der Waals surface area contributed by atoms with Gasteiger partial charge in [-0.1, -0.05) is 6.58 Å². The van der Waals surface area contributed by atoms with E-state index in [1.807, 2.05) is 0 Å². The number of rotatable bonds is 3. The van der Waals surface area contributed by atoms with Crippen LogP contribution in [0.5, 0.6) is 0 Å². The summed E-state index contributed by atoms with van der Waals surface area (Å²) in [6, 6.07) is 3.78. The molecule has 0 saturated carbocycles. The Hall–Kier alpha value is -1.72. The van der Waals surface area contributed by atoms with Gasteiger partial charge in [-0.3, -0.25) is 0 Å². The van der Waals surface area contributed by atoms with Crippen LogP contribution in [0.3, 0.4) is 0 Å². The minimum absolute atomic E-state index is 0.00191. The molecule has 2 nitrogen and oxygen atoms in total. The first-order valence-corrected chi connectivity index (χ1v) is 6.21. The number of anilines is 1. The van der Waals surface area contributed by atoms with Gasteiger partial charge >= 0.3 is 0 Å². The summed E-state index contributed by atoms with van der Waals surface area (Å²) in [4.78, 5) is 0. The summed E-state index contributed by atoms with van der Waals surface area (Å²) in [5.41, 5.74) is 1.89. The van der Waals surface area contributed by atoms with E-state index >= 15 is 0 Å². The molecule has 2 rings (SSSR count). The Morgan fingerprint density at radius 2 is 1.95 bits per heavy atom. The molecule has 1 aliphatic rings. The van der Waals surface area contributed by atoms with Gasteiger partial charge in [-0.05, 0) is 31.0 Å². The van der Waals surface area contributed by atoms with Crippen LogP contribution in [0.2, 0.25) is 0 Å². The number of piperidine rings is 1. The third-order valence-electron chi connectivity index (χ3n) is 3.82. The maximum Gasteiger partial charge on any atom is 0.177 e. The van der Waals surface area contributed by atoms with Crippen LogP contribution < -0.4 is 11.1 Å². The summed E-state index contributed by atoms with van der Waals surface area (Å²) in [6.07, 6.45) is -0.364. The molecule has 20 heavy (non-hydrogen) atoms. The largest absolute Gasteiger partial charge is 0.399 e. The minimum atomic E-state index is -2.24. The van der Waals surface area contributed by atoms with Crippen molar-refractivity contribution in [1.29, 1.82) is 0 Å². The van der Waals surface area contributed by atoms with Crippen molar-refractivity contribution in [2.24, 2.45) is 0 Å². The van der Waals surface area contributed by atoms with Crippen LogP contribution in [0.1, 0.15) is 18.4 Å². The fraction of sp³-hybridized carbons (Fsp3) is 0.429. The van der Waals surface area contributed by atoms with Gasteiger partial charge in [-0.25, -0.2) is 17.6 Å². The van der Waals surface area contributed by atoms with Gasteiger partial charge in [0.15, 0.2) is 5.67 Å². The molecule has 1 unspecified atom stereocenters. The van der Waals surface area contributed by atoms with E-state index in [9.17, 15) is 17.6 Å². The van der Waals surface area contributed by atoms with Gasteiger partial charge in [0.25, 0.3) is 0 Å². The lowest BCUT2D eigenvalue weighted by atomic mass is 9.77. The topological polar surface area (TPSA) is 38.0 Å². The van der Waals surface area contributed by atoms with Crippen LogP contribution in [0.15, 0.2) is 30.5 Å². The Balaban J connectivity index is 2.42. The number of halogens is 4. The molecule has 1 aromatic rings. The molecule has 0 aliphatic carbocycles. The van der Waals surface area contributed by atoms with Crippen molar-refractivity contribution in [2.45, 2.75) is 24.0 Å². The quantitative estimate of drug-likeness (QED) is 0.662. The Morgan fingerprint density at radius 1 is 1.25 bits per heavy atom. The highest BCUT2D eigenvalue weighted by molar-refractivity contribution is 5.45. The smallest absolute Gasteiger partial charge is 0.177 e. The number of nitrogen functional groups attached to an aromatic ring is 1. The number of allylic oxidation sites excluding steroid dienone is 1. The molecule has 1 heterocycles. The molecule has 0 spiro atoms. The van der Waals surface area contributed by atoms with Crippen molar-refractivity contribution in [1.82, 2.24) is 5.32 Å². The number of nitrogens with two attached hydrogens (primary N) is 1. The van der Waals surface area contributed by atoms with Crippen LogP contribution in [0.25, 0.3) is 0 Å². The standard InChI is InChI=1S/C14H16F4N2/c1-9-13(18,7-15)4-5-14(8-16,20-9)11-6-10(19)2-3-12(11)17/h2-3,6,20H,1,4-5,7-8,19H2/t13?,14-/m1/s1. The van der Waals surface area contributed by atoms with E-state index in [1.165, 1.54) is 12.1 Å². The molecule has 0 aromatic heterocycles. The second kappa shape index (κ2) is 5.00. The lowest BCUT2D eigenvalue weighted by Gasteiger charge is -2.44. The zero-order valence-electron chi connectivity index (χ0n) is 10.9. The van der Waals surface area contributed by atoms with Crippen molar-refractivity contribution < 1.29 is 17.6 Å². The second-order valence-electron chi connectivity index (χ2n) is 5.16. The molecule has 1 fully saturated rings. The van der Waals surface area contributed by atoms with Crippen molar-refractivity contribution in [3.63, 3.8) is 0 Å². The summed E-state index contributed by atoms with van der Waals surface area (Å²) in [7, 11) is 0. The SMILES string of the molecule is C=C1N[C@](CF)(c2cc(N)ccc2F)CCC1(F)CF. The van der Waals surface area contributed by atoms with E-state index in [4.69, 9.17) is 5.73 Å². The first kappa shape index (κ1) is 14.7. The van der Waals surface area contributed by atoms with E-state index in [2.05, 4.69) is 11.9 Å². The number of alkyl halides is 3. The summed E-state index contributed by atoms with van der Waals surface area (Å²) >= 11 is 0. The van der Waals surface area contributed by atoms with E-state index in [-0.39, 0.29) is 29.8 Å². The van der Waals surface area contributed by atoms with Gasteiger partial charge in [0, 0.05) is 16.9 Å². The molecule has 6 heteroatoms. The van der Waals surface area contributed by atoms with Gasteiger partial charge in [-0.2, -0.15) is 0 Å². The monoisotopic (exact) mass is 288 g/mol. The predicted molar refractivity (Wildman–Crippen MR) is 69.8 cm³/mol. The van der Waals surface area contributed by atoms with Crippen molar-refractivity contribution in [3.05, 3.63) is 41.9 Å². The number of hydrogen-bond donors (Lipinski definition) is 2. The number of nitrogens with one attached hydrogen (secondary N) is 1. The van der Waals surface area contributed by atoms with Crippen LogP contribution in [-0.2, 0) is 5.54 Å². The first-order chi connectivity index (χ1) is 9.37. The first-order valence-electron chi connectivity index (χ1n) is 6.21. The Labute approximate surface area is 114 Å². The molecular weight excluding hydrogens is 272 g/mol. The summed E-state index contributed by atoms with van der Waals surface area (Å²) in [5, 5.41) is 2.53. The van der Waals surface area contributed by atoms with Crippen LogP contribution in [-0.4, -0.2) is 19.0 Å². The average Bonchev–Trinajstić information content (AvgIpc) is 2.45. The van der Waals surface area contributed by atoms with Crippen LogP contribution in [0, 0.1) is 5.82 Å². The molecular formula is C14H16F4N2. The van der Waals surface area contributed by atoms with E-state index in [1.54, 1.807) is 0 Å². The van der Waals surface area contributed by atoms with Gasteiger partial charge in [0.2, 0.25) is 0 Å². The zero-order valence-corrected chi connectivity index (χ0v) is 10.9. The normalized spacial score (nSPS) is 30.1. The summed E-state index contributed by atoms with van der Waals surface area (Å²) in [5.74, 6) is -0.649. The minimum Gasteiger partial charge on any atom is -0.399 e. The Bertz CT molecular complexity index is 534. The summed E-state index contributed by atoms with van der Waals surface area (Å²) in [6.45, 7) is 1.19. The molecule has 1 aliphatic heterocycles. The van der Waals surface area contributed by atoms with Gasteiger partial charge < -0.3 is 11.1 Å². The predicted octanol–water partition coefficient (Wildman–Crippen LogP) is 3.15. The highest BCUT2D eigenvalue weighted by atomic mass is 19.2. The highest BCUT2D eigenvalue weighted by Gasteiger charge is 2.47. The van der Waals surface area contributed by atoms with Gasteiger partial charge in [0.05, 0.1) is 5.54 Å². The molecule has 0 bridgehead atoms. The highest BCUT2D eigenvalue weighted by Crippen LogP contribution is 2.41. The third kappa shape index (κ3) is 2.23. The fourth-order valence-electron chi connectivity index (χ4n) is 2.46. The third-order valence-corrected chi connectivity index (χ3v) is 3.82. The van der Waals surface area contributed by atoms with E-state index in [0.717, 1.165) is 6.07 Å². The average molecular weight is 288 g/mol. The Kier molecular flexibility index (Phi) is 3.67. The van der Waals surface area contributed by atoms with Crippen molar-refractivity contribution in [3.8, 4) is 0 Å². The van der Waals surface area contributed by atoms with Crippen molar-refractivity contribution in [2.75, 3.05) is 19.1 Å². The van der Waals surface area contributed by atoms with Gasteiger partial charge in [0.1, 0.15) is 19.2 Å². The second-order valence-corrected chi connectivity index (χ2v) is 5.16. The van der Waals surface area contributed by atoms with Crippen LogP contribution in [0.4, 0.5) is 23.2 Å². The molecule has 1 saturated heterocycles. The summed E-state index contributed by atoms with van der Waals surface area (Å²) < 4.78 is 54.3. The van der Waals surface area contributed by atoms with Crippen molar-refractivity contribution >= 4 is 5.69 Å².